The van der Waals surface area contributed by atoms with Crippen LogP contribution in [0.15, 0.2) is 60.7 Å². The average Bonchev–Trinajstić information content (AvgIpc) is 3.19. The molecule has 2 atom stereocenters. The molecule has 1 aliphatic heterocycles. The average molecular weight is 375 g/mol. The number of fused-ring (bicyclic) bond motifs is 1. The number of carbonyl (C=O) groups is 2. The number of rotatable bonds is 4. The van der Waals surface area contributed by atoms with Gasteiger partial charge in [0.05, 0.1) is 18.5 Å². The second-order valence-corrected chi connectivity index (χ2v) is 7.85. The van der Waals surface area contributed by atoms with Crippen molar-refractivity contribution >= 4 is 35.1 Å². The molecule has 2 aromatic rings. The van der Waals surface area contributed by atoms with Crippen LogP contribution in [0.2, 0.25) is 0 Å². The summed E-state index contributed by atoms with van der Waals surface area (Å²) in [6.45, 7) is 0.595. The summed E-state index contributed by atoms with van der Waals surface area (Å²) in [5.41, 5.74) is 1.86. The van der Waals surface area contributed by atoms with Crippen molar-refractivity contribution in [1.82, 2.24) is 9.80 Å². The lowest BCUT2D eigenvalue weighted by atomic mass is 10.1. The van der Waals surface area contributed by atoms with Gasteiger partial charge >= 0.3 is 6.03 Å². The van der Waals surface area contributed by atoms with Gasteiger partial charge in [-0.05, 0) is 11.1 Å². The summed E-state index contributed by atoms with van der Waals surface area (Å²) in [6, 6.07) is 18.2. The molecular weight excluding hydrogens is 359 g/mol. The van der Waals surface area contributed by atoms with E-state index in [1.165, 1.54) is 4.90 Å². The molecule has 0 bridgehead atoms. The fraction of sp³-hybridized carbons (Fsp3) is 0.263. The van der Waals surface area contributed by atoms with Gasteiger partial charge in [-0.25, -0.2) is 4.79 Å². The third kappa shape index (κ3) is 2.79. The van der Waals surface area contributed by atoms with Gasteiger partial charge in [0.2, 0.25) is 5.91 Å². The minimum absolute atomic E-state index is 0.219. The molecule has 0 unspecified atom stereocenters. The Labute approximate surface area is 155 Å². The van der Waals surface area contributed by atoms with Crippen molar-refractivity contribution in [3.63, 3.8) is 0 Å². The van der Waals surface area contributed by atoms with Crippen LogP contribution in [-0.2, 0) is 17.9 Å². The van der Waals surface area contributed by atoms with Crippen molar-refractivity contribution in [3.8, 4) is 0 Å². The van der Waals surface area contributed by atoms with Crippen molar-refractivity contribution in [2.24, 2.45) is 5.92 Å². The maximum atomic E-state index is 13.0. The SMILES string of the molecule is O=C1[C@@H]2[C@H](N(Cc3ccccc3)C(=O)N1Cc1ccccc1)C2(Cl)Cl. The van der Waals surface area contributed by atoms with E-state index in [1.807, 2.05) is 60.7 Å². The quantitative estimate of drug-likeness (QED) is 0.763. The highest BCUT2D eigenvalue weighted by molar-refractivity contribution is 6.54. The van der Waals surface area contributed by atoms with Gasteiger partial charge in [0.15, 0.2) is 4.33 Å². The Balaban J connectivity index is 1.63. The van der Waals surface area contributed by atoms with Crippen LogP contribution in [0.3, 0.4) is 0 Å². The summed E-state index contributed by atoms with van der Waals surface area (Å²) in [7, 11) is 0. The summed E-state index contributed by atoms with van der Waals surface area (Å²) >= 11 is 12.7. The summed E-state index contributed by atoms with van der Waals surface area (Å²) in [5, 5.41) is 0. The smallest absolute Gasteiger partial charge is 0.313 e. The number of halogens is 2. The summed E-state index contributed by atoms with van der Waals surface area (Å²) < 4.78 is -1.22. The van der Waals surface area contributed by atoms with Crippen LogP contribution >= 0.6 is 23.2 Å². The van der Waals surface area contributed by atoms with Crippen molar-refractivity contribution in [1.29, 1.82) is 0 Å². The third-order valence-corrected chi connectivity index (χ3v) is 5.66. The maximum Gasteiger partial charge on any atom is 0.327 e. The third-order valence-electron chi connectivity index (χ3n) is 4.74. The van der Waals surface area contributed by atoms with Gasteiger partial charge in [-0.2, -0.15) is 0 Å². The number of nitrogens with zero attached hydrogens (tertiary/aromatic N) is 2. The highest BCUT2D eigenvalue weighted by atomic mass is 35.5. The van der Waals surface area contributed by atoms with Gasteiger partial charge in [-0.3, -0.25) is 9.69 Å². The van der Waals surface area contributed by atoms with Gasteiger partial charge in [0, 0.05) is 6.54 Å². The first kappa shape index (κ1) is 16.4. The Hall–Kier alpha value is -2.04. The number of carbonyl (C=O) groups excluding carboxylic acids is 2. The molecule has 2 fully saturated rings. The van der Waals surface area contributed by atoms with Crippen LogP contribution in [0.4, 0.5) is 4.79 Å². The number of benzene rings is 2. The second-order valence-electron chi connectivity index (χ2n) is 6.40. The number of imide groups is 1. The standard InChI is InChI=1S/C19H16Cl2N2O2/c20-19(21)15-16(19)22(11-13-7-3-1-4-8-13)18(25)23(17(15)24)12-14-9-5-2-6-10-14/h1-10,15-16H,11-12H2/t15-,16-/m0/s1. The molecule has 128 valence electrons. The fourth-order valence-corrected chi connectivity index (χ4v) is 4.18. The van der Waals surface area contributed by atoms with Crippen LogP contribution in [0, 0.1) is 5.92 Å². The molecule has 0 radical (unpaired) electrons. The molecule has 1 saturated carbocycles. The van der Waals surface area contributed by atoms with Crippen LogP contribution in [0.25, 0.3) is 0 Å². The lowest BCUT2D eigenvalue weighted by Gasteiger charge is -2.33. The Morgan fingerprint density at radius 3 is 1.92 bits per heavy atom. The molecule has 2 aromatic carbocycles. The molecular formula is C19H16Cl2N2O2. The predicted molar refractivity (Wildman–Crippen MR) is 96.1 cm³/mol. The second kappa shape index (κ2) is 6.04. The minimum atomic E-state index is -1.22. The topological polar surface area (TPSA) is 40.6 Å². The molecule has 1 heterocycles. The van der Waals surface area contributed by atoms with Gasteiger partial charge in [0.25, 0.3) is 0 Å². The van der Waals surface area contributed by atoms with Crippen LogP contribution in [0.1, 0.15) is 11.1 Å². The van der Waals surface area contributed by atoms with E-state index < -0.39 is 16.3 Å². The van der Waals surface area contributed by atoms with E-state index in [2.05, 4.69) is 0 Å². The number of hydrogen-bond donors (Lipinski definition) is 0. The lowest BCUT2D eigenvalue weighted by molar-refractivity contribution is -0.132. The van der Waals surface area contributed by atoms with Crippen molar-refractivity contribution in [2.45, 2.75) is 23.5 Å². The Bertz CT molecular complexity index is 811. The molecule has 1 aliphatic carbocycles. The first-order chi connectivity index (χ1) is 12.0. The molecule has 1 saturated heterocycles. The van der Waals surface area contributed by atoms with Crippen LogP contribution in [0.5, 0.6) is 0 Å². The normalized spacial score (nSPS) is 24.2. The number of hydrogen-bond acceptors (Lipinski definition) is 2. The first-order valence-electron chi connectivity index (χ1n) is 8.08. The maximum absolute atomic E-state index is 13.0. The predicted octanol–water partition coefficient (Wildman–Crippen LogP) is 3.82. The molecule has 6 heteroatoms. The van der Waals surface area contributed by atoms with Crippen LogP contribution < -0.4 is 0 Å². The lowest BCUT2D eigenvalue weighted by Crippen LogP contribution is -2.52. The summed E-state index contributed by atoms with van der Waals surface area (Å²) in [6.07, 6.45) is 0. The zero-order chi connectivity index (χ0) is 17.6. The fourth-order valence-electron chi connectivity index (χ4n) is 3.39. The molecule has 4 nitrogen and oxygen atoms in total. The van der Waals surface area contributed by atoms with Crippen LogP contribution in [-0.4, -0.2) is 32.1 Å². The molecule has 25 heavy (non-hydrogen) atoms. The summed E-state index contributed by atoms with van der Waals surface area (Å²) in [4.78, 5) is 28.6. The van der Waals surface area contributed by atoms with Gasteiger partial charge in [0.1, 0.15) is 0 Å². The van der Waals surface area contributed by atoms with Gasteiger partial charge in [-0.1, -0.05) is 83.9 Å². The first-order valence-corrected chi connectivity index (χ1v) is 8.83. The van der Waals surface area contributed by atoms with E-state index >= 15 is 0 Å². The zero-order valence-electron chi connectivity index (χ0n) is 13.3. The van der Waals surface area contributed by atoms with E-state index in [4.69, 9.17) is 23.2 Å². The number of urea groups is 1. The van der Waals surface area contributed by atoms with Crippen molar-refractivity contribution in [2.75, 3.05) is 0 Å². The zero-order valence-corrected chi connectivity index (χ0v) is 14.8. The Kier molecular flexibility index (Phi) is 3.97. The highest BCUT2D eigenvalue weighted by Gasteiger charge is 2.74. The molecule has 4 rings (SSSR count). The monoisotopic (exact) mass is 374 g/mol. The molecule has 0 spiro atoms. The number of amides is 3. The van der Waals surface area contributed by atoms with Gasteiger partial charge in [-0.15, -0.1) is 0 Å². The molecule has 2 aliphatic rings. The Morgan fingerprint density at radius 2 is 1.36 bits per heavy atom. The van der Waals surface area contributed by atoms with Crippen molar-refractivity contribution < 1.29 is 9.59 Å². The Morgan fingerprint density at radius 1 is 0.840 bits per heavy atom. The number of alkyl halides is 2. The van der Waals surface area contributed by atoms with E-state index in [0.717, 1.165) is 11.1 Å². The van der Waals surface area contributed by atoms with E-state index in [-0.39, 0.29) is 18.5 Å². The van der Waals surface area contributed by atoms with E-state index in [0.29, 0.717) is 6.54 Å². The van der Waals surface area contributed by atoms with E-state index in [1.54, 1.807) is 4.90 Å². The van der Waals surface area contributed by atoms with E-state index in [9.17, 15) is 9.59 Å². The van der Waals surface area contributed by atoms with Crippen molar-refractivity contribution in [3.05, 3.63) is 71.8 Å². The molecule has 0 N–H and O–H groups in total. The highest BCUT2D eigenvalue weighted by Crippen LogP contribution is 2.59. The van der Waals surface area contributed by atoms with Gasteiger partial charge < -0.3 is 4.90 Å². The summed E-state index contributed by atoms with van der Waals surface area (Å²) in [5.74, 6) is -0.867. The molecule has 3 amide bonds. The largest absolute Gasteiger partial charge is 0.327 e. The minimum Gasteiger partial charge on any atom is -0.313 e. The molecule has 0 aromatic heterocycles.